The van der Waals surface area contributed by atoms with Crippen molar-refractivity contribution in [3.05, 3.63) is 30.6 Å². The summed E-state index contributed by atoms with van der Waals surface area (Å²) in [6, 6.07) is 7.43. The molecule has 0 radical (unpaired) electrons. The van der Waals surface area contributed by atoms with E-state index in [2.05, 4.69) is 15.5 Å². The average molecular weight is 313 g/mol. The standard InChI is InChI=1S/C16H19N5O2/c1-20-11-17-19-16(20)12-5-4-6-13(9-12)18-14(22)10-21-8-3-2-7-15(21)23/h4-6,9,11H,2-3,7-8,10H2,1H3,(H,18,22). The maximum atomic E-state index is 12.2. The van der Waals surface area contributed by atoms with Crippen LogP contribution in [0.5, 0.6) is 0 Å². The van der Waals surface area contributed by atoms with E-state index in [1.54, 1.807) is 11.2 Å². The first kappa shape index (κ1) is 15.2. The Balaban J connectivity index is 1.67. The van der Waals surface area contributed by atoms with Gasteiger partial charge in [-0.1, -0.05) is 12.1 Å². The van der Waals surface area contributed by atoms with Crippen LogP contribution >= 0.6 is 0 Å². The van der Waals surface area contributed by atoms with Crippen LogP contribution in [-0.2, 0) is 16.6 Å². The summed E-state index contributed by atoms with van der Waals surface area (Å²) in [7, 11) is 1.86. The van der Waals surface area contributed by atoms with Crippen molar-refractivity contribution in [3.8, 4) is 11.4 Å². The summed E-state index contributed by atoms with van der Waals surface area (Å²) in [6.07, 6.45) is 4.04. The van der Waals surface area contributed by atoms with E-state index < -0.39 is 0 Å². The second-order valence-corrected chi connectivity index (χ2v) is 5.67. The van der Waals surface area contributed by atoms with E-state index in [9.17, 15) is 9.59 Å². The molecule has 0 spiro atoms. The van der Waals surface area contributed by atoms with Crippen molar-refractivity contribution in [3.63, 3.8) is 0 Å². The summed E-state index contributed by atoms with van der Waals surface area (Å²) in [5.74, 6) is 0.599. The molecule has 7 nitrogen and oxygen atoms in total. The Bertz CT molecular complexity index is 725. The first-order valence-corrected chi connectivity index (χ1v) is 7.65. The third-order valence-corrected chi connectivity index (χ3v) is 3.87. The Morgan fingerprint density at radius 1 is 1.35 bits per heavy atom. The third-order valence-electron chi connectivity index (χ3n) is 3.87. The van der Waals surface area contributed by atoms with E-state index in [-0.39, 0.29) is 18.4 Å². The molecule has 1 aromatic carbocycles. The molecule has 1 fully saturated rings. The molecule has 0 saturated carbocycles. The second kappa shape index (κ2) is 6.60. The van der Waals surface area contributed by atoms with Crippen molar-refractivity contribution in [1.82, 2.24) is 19.7 Å². The fourth-order valence-electron chi connectivity index (χ4n) is 2.68. The Hall–Kier alpha value is -2.70. The number of benzene rings is 1. The molecule has 1 saturated heterocycles. The Morgan fingerprint density at radius 3 is 2.96 bits per heavy atom. The smallest absolute Gasteiger partial charge is 0.243 e. The summed E-state index contributed by atoms with van der Waals surface area (Å²) in [5.41, 5.74) is 1.55. The van der Waals surface area contributed by atoms with Crippen molar-refractivity contribution in [1.29, 1.82) is 0 Å². The number of likely N-dealkylation sites (tertiary alicyclic amines) is 1. The highest BCUT2D eigenvalue weighted by atomic mass is 16.2. The Kier molecular flexibility index (Phi) is 4.36. The van der Waals surface area contributed by atoms with Crippen LogP contribution in [0.3, 0.4) is 0 Å². The molecule has 0 bridgehead atoms. The Morgan fingerprint density at radius 2 is 2.22 bits per heavy atom. The van der Waals surface area contributed by atoms with Crippen LogP contribution in [0, 0.1) is 0 Å². The molecular formula is C16H19N5O2. The van der Waals surface area contributed by atoms with E-state index in [0.29, 0.717) is 18.7 Å². The van der Waals surface area contributed by atoms with Crippen LogP contribution in [-0.4, -0.2) is 44.6 Å². The van der Waals surface area contributed by atoms with Crippen LogP contribution in [0.2, 0.25) is 0 Å². The predicted molar refractivity (Wildman–Crippen MR) is 85.5 cm³/mol. The lowest BCUT2D eigenvalue weighted by atomic mass is 10.1. The highest BCUT2D eigenvalue weighted by Gasteiger charge is 2.20. The van der Waals surface area contributed by atoms with Crippen molar-refractivity contribution in [2.24, 2.45) is 7.05 Å². The molecule has 120 valence electrons. The zero-order valence-electron chi connectivity index (χ0n) is 13.0. The first-order chi connectivity index (χ1) is 11.1. The summed E-state index contributed by atoms with van der Waals surface area (Å²) in [4.78, 5) is 25.5. The summed E-state index contributed by atoms with van der Waals surface area (Å²) >= 11 is 0. The number of nitrogens with zero attached hydrogens (tertiary/aromatic N) is 4. The third kappa shape index (κ3) is 3.56. The number of nitrogens with one attached hydrogen (secondary N) is 1. The number of anilines is 1. The zero-order valence-corrected chi connectivity index (χ0v) is 13.0. The lowest BCUT2D eigenvalue weighted by Crippen LogP contribution is -2.40. The Labute approximate surface area is 134 Å². The molecule has 0 atom stereocenters. The normalized spacial score (nSPS) is 14.8. The number of aromatic nitrogens is 3. The van der Waals surface area contributed by atoms with Crippen molar-refractivity contribution < 1.29 is 9.59 Å². The van der Waals surface area contributed by atoms with Gasteiger partial charge in [0.05, 0.1) is 6.54 Å². The van der Waals surface area contributed by atoms with Gasteiger partial charge >= 0.3 is 0 Å². The van der Waals surface area contributed by atoms with Gasteiger partial charge in [-0.25, -0.2) is 0 Å². The minimum absolute atomic E-state index is 0.0548. The van der Waals surface area contributed by atoms with E-state index >= 15 is 0 Å². The largest absolute Gasteiger partial charge is 0.333 e. The van der Waals surface area contributed by atoms with Crippen molar-refractivity contribution in [2.75, 3.05) is 18.4 Å². The monoisotopic (exact) mass is 313 g/mol. The van der Waals surface area contributed by atoms with Crippen LogP contribution in [0.15, 0.2) is 30.6 Å². The molecule has 1 aliphatic rings. The summed E-state index contributed by atoms with van der Waals surface area (Å²) < 4.78 is 1.81. The maximum Gasteiger partial charge on any atom is 0.243 e. The number of amides is 2. The molecule has 23 heavy (non-hydrogen) atoms. The van der Waals surface area contributed by atoms with Gasteiger partial charge in [0.15, 0.2) is 5.82 Å². The molecule has 7 heteroatoms. The van der Waals surface area contributed by atoms with Crippen molar-refractivity contribution >= 4 is 17.5 Å². The quantitative estimate of drug-likeness (QED) is 0.926. The number of carbonyl (C=O) groups is 2. The number of aryl methyl sites for hydroxylation is 1. The van der Waals surface area contributed by atoms with E-state index in [0.717, 1.165) is 24.2 Å². The molecule has 0 unspecified atom stereocenters. The molecule has 2 amide bonds. The lowest BCUT2D eigenvalue weighted by Gasteiger charge is -2.26. The van der Waals surface area contributed by atoms with Gasteiger partial charge in [0.1, 0.15) is 6.33 Å². The van der Waals surface area contributed by atoms with Crippen LogP contribution in [0.4, 0.5) is 5.69 Å². The lowest BCUT2D eigenvalue weighted by molar-refractivity contribution is -0.136. The number of hydrogen-bond donors (Lipinski definition) is 1. The van der Waals surface area contributed by atoms with Gasteiger partial charge in [0.25, 0.3) is 0 Å². The second-order valence-electron chi connectivity index (χ2n) is 5.67. The van der Waals surface area contributed by atoms with Crippen molar-refractivity contribution in [2.45, 2.75) is 19.3 Å². The molecule has 2 heterocycles. The van der Waals surface area contributed by atoms with E-state index in [1.165, 1.54) is 0 Å². The number of carbonyl (C=O) groups excluding carboxylic acids is 2. The minimum atomic E-state index is -0.185. The van der Waals surface area contributed by atoms with Gasteiger partial charge < -0.3 is 14.8 Å². The van der Waals surface area contributed by atoms with Crippen LogP contribution in [0.1, 0.15) is 19.3 Å². The van der Waals surface area contributed by atoms with Gasteiger partial charge in [0, 0.05) is 31.3 Å². The van der Waals surface area contributed by atoms with Gasteiger partial charge in [-0.3, -0.25) is 9.59 Å². The van der Waals surface area contributed by atoms with E-state index in [4.69, 9.17) is 0 Å². The number of hydrogen-bond acceptors (Lipinski definition) is 4. The SMILES string of the molecule is Cn1cnnc1-c1cccc(NC(=O)CN2CCCCC2=O)c1. The topological polar surface area (TPSA) is 80.1 Å². The van der Waals surface area contributed by atoms with Gasteiger partial charge in [0.2, 0.25) is 11.8 Å². The number of piperidine rings is 1. The highest BCUT2D eigenvalue weighted by Crippen LogP contribution is 2.20. The predicted octanol–water partition coefficient (Wildman–Crippen LogP) is 1.43. The molecule has 2 aromatic rings. The molecule has 0 aliphatic carbocycles. The van der Waals surface area contributed by atoms with Gasteiger partial charge in [-0.2, -0.15) is 0 Å². The molecule has 1 aromatic heterocycles. The molecular weight excluding hydrogens is 294 g/mol. The summed E-state index contributed by atoms with van der Waals surface area (Å²) in [6.45, 7) is 0.762. The van der Waals surface area contributed by atoms with Gasteiger partial charge in [-0.15, -0.1) is 10.2 Å². The average Bonchev–Trinajstić information content (AvgIpc) is 2.96. The molecule has 1 N–H and O–H groups in total. The molecule has 3 rings (SSSR count). The first-order valence-electron chi connectivity index (χ1n) is 7.65. The van der Waals surface area contributed by atoms with E-state index in [1.807, 2.05) is 35.9 Å². The number of rotatable bonds is 4. The fraction of sp³-hybridized carbons (Fsp3) is 0.375. The summed E-state index contributed by atoms with van der Waals surface area (Å²) in [5, 5.41) is 10.8. The molecule has 1 aliphatic heterocycles. The fourth-order valence-corrected chi connectivity index (χ4v) is 2.68. The van der Waals surface area contributed by atoms with Crippen LogP contribution < -0.4 is 5.32 Å². The minimum Gasteiger partial charge on any atom is -0.333 e. The van der Waals surface area contributed by atoms with Gasteiger partial charge in [-0.05, 0) is 25.0 Å². The van der Waals surface area contributed by atoms with Crippen LogP contribution in [0.25, 0.3) is 11.4 Å². The zero-order chi connectivity index (χ0) is 16.2. The maximum absolute atomic E-state index is 12.2. The highest BCUT2D eigenvalue weighted by molar-refractivity contribution is 5.95.